The van der Waals surface area contributed by atoms with E-state index < -0.39 is 11.7 Å². The first-order valence-electron chi connectivity index (χ1n) is 13.6. The monoisotopic (exact) mass is 562 g/mol. The maximum Gasteiger partial charge on any atom is 0.416 e. The molecule has 41 heavy (non-hydrogen) atoms. The third-order valence-corrected chi connectivity index (χ3v) is 7.67. The molecule has 1 fully saturated rings. The molecule has 4 heterocycles. The first-order valence-corrected chi connectivity index (χ1v) is 13.6. The molecule has 0 amide bonds. The van der Waals surface area contributed by atoms with Gasteiger partial charge in [-0.1, -0.05) is 32.4 Å². The minimum Gasteiger partial charge on any atom is -0.365 e. The summed E-state index contributed by atoms with van der Waals surface area (Å²) in [5.41, 5.74) is 2.70. The molecule has 6 rings (SSSR count). The Labute approximate surface area is 234 Å². The summed E-state index contributed by atoms with van der Waals surface area (Å²) < 4.78 is 43.1. The number of benzene rings is 1. The number of fused-ring (bicyclic) bond motifs is 1. The quantitative estimate of drug-likeness (QED) is 0.258. The van der Waals surface area contributed by atoms with E-state index in [0.29, 0.717) is 40.0 Å². The summed E-state index contributed by atoms with van der Waals surface area (Å²) in [6.07, 6.45) is 2.19. The number of aromatic nitrogens is 9. The van der Waals surface area contributed by atoms with Crippen molar-refractivity contribution in [3.63, 3.8) is 0 Å². The van der Waals surface area contributed by atoms with Gasteiger partial charge in [-0.3, -0.25) is 4.98 Å². The fraction of sp³-hybridized carbons (Fsp3) is 0.393. The molecule has 1 N–H and O–H groups in total. The van der Waals surface area contributed by atoms with E-state index in [-0.39, 0.29) is 24.5 Å². The minimum atomic E-state index is -4.41. The molecule has 1 saturated carbocycles. The fourth-order valence-electron chi connectivity index (χ4n) is 5.01. The highest BCUT2D eigenvalue weighted by Crippen LogP contribution is 2.35. The molecule has 1 atom stereocenters. The lowest BCUT2D eigenvalue weighted by Crippen LogP contribution is -2.31. The Bertz CT molecular complexity index is 1660. The van der Waals surface area contributed by atoms with Crippen LogP contribution in [0, 0.1) is 5.92 Å². The molecule has 0 bridgehead atoms. The average Bonchev–Trinajstić information content (AvgIpc) is 3.56. The Kier molecular flexibility index (Phi) is 6.88. The Morgan fingerprint density at radius 1 is 1.02 bits per heavy atom. The Balaban J connectivity index is 1.54. The highest BCUT2D eigenvalue weighted by molar-refractivity contribution is 5.87. The van der Waals surface area contributed by atoms with Crippen LogP contribution in [-0.4, -0.2) is 50.8 Å². The number of rotatable bonds is 8. The van der Waals surface area contributed by atoms with E-state index in [2.05, 4.69) is 51.6 Å². The molecule has 5 aromatic rings. The molecule has 1 aliphatic carbocycles. The van der Waals surface area contributed by atoms with Gasteiger partial charge in [0.25, 0.3) is 5.95 Å². The number of nitrogens with zero attached hydrogens (tertiary/aromatic N) is 9. The number of hydrogen-bond donors (Lipinski definition) is 1. The van der Waals surface area contributed by atoms with E-state index in [1.807, 2.05) is 16.7 Å². The van der Waals surface area contributed by atoms with Crippen LogP contribution in [0.5, 0.6) is 0 Å². The number of pyridine rings is 1. The maximum atomic E-state index is 13.3. The van der Waals surface area contributed by atoms with Crippen molar-refractivity contribution >= 4 is 17.0 Å². The second kappa shape index (κ2) is 10.5. The smallest absolute Gasteiger partial charge is 0.365 e. The van der Waals surface area contributed by atoms with Gasteiger partial charge in [-0.15, -0.1) is 5.10 Å². The summed E-state index contributed by atoms with van der Waals surface area (Å²) in [6, 6.07) is 9.22. The summed E-state index contributed by atoms with van der Waals surface area (Å²) in [5.74, 6) is 2.10. The average molecular weight is 563 g/mol. The number of halogens is 3. The molecule has 0 saturated heterocycles. The Hall–Kier alpha value is -4.42. The van der Waals surface area contributed by atoms with Gasteiger partial charge in [0.2, 0.25) is 0 Å². The van der Waals surface area contributed by atoms with Crippen LogP contribution < -0.4 is 5.32 Å². The maximum absolute atomic E-state index is 13.3. The predicted octanol–water partition coefficient (Wildman–Crippen LogP) is 5.66. The molecular formula is C28H29F3N10. The summed E-state index contributed by atoms with van der Waals surface area (Å²) in [4.78, 5) is 19.0. The molecule has 0 unspecified atom stereocenters. The van der Waals surface area contributed by atoms with Crippen molar-refractivity contribution in [3.05, 3.63) is 65.6 Å². The first kappa shape index (κ1) is 26.8. The summed E-state index contributed by atoms with van der Waals surface area (Å²) in [6.45, 7) is 6.55. The third kappa shape index (κ3) is 5.35. The highest BCUT2D eigenvalue weighted by atomic mass is 19.4. The van der Waals surface area contributed by atoms with Gasteiger partial charge in [0.1, 0.15) is 17.5 Å². The summed E-state index contributed by atoms with van der Waals surface area (Å²) in [5, 5.41) is 15.0. The molecule has 0 radical (unpaired) electrons. The third-order valence-electron chi connectivity index (χ3n) is 7.67. The lowest BCUT2D eigenvalue weighted by molar-refractivity contribution is -0.137. The second-order valence-electron chi connectivity index (χ2n) is 10.8. The standard InChI is InChI=1S/C28H29F3N10/c1-16(2)20-11-12-32-22(13-20)26-35-25-23(40(26)14-18-7-9-21(10-8-18)28(29,30)31)24(34-17(3)19-5-4-6-19)36-27(37-25)41-15-33-38-39-41/h7-13,15-17,19H,4-6,14H2,1-3H3,(H,34,36,37)/t17-/m1/s1. The zero-order chi connectivity index (χ0) is 28.7. The van der Waals surface area contributed by atoms with Crippen LogP contribution in [0.3, 0.4) is 0 Å². The molecule has 212 valence electrons. The molecular weight excluding hydrogens is 533 g/mol. The highest BCUT2D eigenvalue weighted by Gasteiger charge is 2.30. The van der Waals surface area contributed by atoms with Crippen molar-refractivity contribution in [1.29, 1.82) is 0 Å². The van der Waals surface area contributed by atoms with Crippen LogP contribution in [0.2, 0.25) is 0 Å². The SMILES string of the molecule is CC(C)c1ccnc(-c2nc3nc(-n4cnnn4)nc(N[C@H](C)C4CCC4)c3n2Cc2ccc(C(F)(F)F)cc2)c1. The molecule has 10 nitrogen and oxygen atoms in total. The van der Waals surface area contributed by atoms with Crippen molar-refractivity contribution in [2.45, 2.75) is 64.7 Å². The molecule has 13 heteroatoms. The van der Waals surface area contributed by atoms with Crippen molar-refractivity contribution in [2.75, 3.05) is 5.32 Å². The van der Waals surface area contributed by atoms with E-state index in [1.54, 1.807) is 6.20 Å². The van der Waals surface area contributed by atoms with Gasteiger partial charge < -0.3 is 9.88 Å². The van der Waals surface area contributed by atoms with E-state index in [9.17, 15) is 13.2 Å². The van der Waals surface area contributed by atoms with Gasteiger partial charge in [-0.2, -0.15) is 27.8 Å². The predicted molar refractivity (Wildman–Crippen MR) is 146 cm³/mol. The number of alkyl halides is 3. The molecule has 1 aromatic carbocycles. The molecule has 0 spiro atoms. The van der Waals surface area contributed by atoms with Gasteiger partial charge in [0.15, 0.2) is 17.3 Å². The number of nitrogens with one attached hydrogen (secondary N) is 1. The van der Waals surface area contributed by atoms with Gasteiger partial charge in [-0.25, -0.2) is 4.98 Å². The Morgan fingerprint density at radius 3 is 2.44 bits per heavy atom. The van der Waals surface area contributed by atoms with Crippen molar-refractivity contribution in [2.24, 2.45) is 5.92 Å². The zero-order valence-corrected chi connectivity index (χ0v) is 22.8. The number of imidazole rings is 1. The van der Waals surface area contributed by atoms with Crippen LogP contribution in [0.1, 0.15) is 62.6 Å². The van der Waals surface area contributed by atoms with E-state index in [1.165, 1.54) is 29.6 Å². The number of tetrazole rings is 1. The van der Waals surface area contributed by atoms with Crippen LogP contribution in [0.25, 0.3) is 28.6 Å². The minimum absolute atomic E-state index is 0.129. The van der Waals surface area contributed by atoms with E-state index in [0.717, 1.165) is 30.5 Å². The van der Waals surface area contributed by atoms with Crippen molar-refractivity contribution in [1.82, 2.24) is 44.7 Å². The largest absolute Gasteiger partial charge is 0.416 e. The zero-order valence-electron chi connectivity index (χ0n) is 22.8. The summed E-state index contributed by atoms with van der Waals surface area (Å²) in [7, 11) is 0. The number of hydrogen-bond acceptors (Lipinski definition) is 8. The van der Waals surface area contributed by atoms with Gasteiger partial charge in [0, 0.05) is 18.8 Å². The summed E-state index contributed by atoms with van der Waals surface area (Å²) >= 11 is 0. The van der Waals surface area contributed by atoms with Crippen LogP contribution in [0.15, 0.2) is 48.9 Å². The molecule has 4 aromatic heterocycles. The van der Waals surface area contributed by atoms with Gasteiger partial charge >= 0.3 is 6.18 Å². The van der Waals surface area contributed by atoms with Crippen LogP contribution in [0.4, 0.5) is 19.0 Å². The number of anilines is 1. The topological polar surface area (TPSA) is 112 Å². The van der Waals surface area contributed by atoms with Gasteiger partial charge in [0.05, 0.1) is 5.56 Å². The van der Waals surface area contributed by atoms with E-state index >= 15 is 0 Å². The fourth-order valence-corrected chi connectivity index (χ4v) is 5.01. The van der Waals surface area contributed by atoms with E-state index in [4.69, 9.17) is 9.97 Å². The van der Waals surface area contributed by atoms with Crippen molar-refractivity contribution < 1.29 is 13.2 Å². The van der Waals surface area contributed by atoms with Crippen LogP contribution >= 0.6 is 0 Å². The lowest BCUT2D eigenvalue weighted by atomic mass is 9.80. The van der Waals surface area contributed by atoms with Crippen molar-refractivity contribution in [3.8, 4) is 17.5 Å². The Morgan fingerprint density at radius 2 is 1.80 bits per heavy atom. The normalized spacial score (nSPS) is 14.9. The van der Waals surface area contributed by atoms with Crippen LogP contribution in [-0.2, 0) is 12.7 Å². The lowest BCUT2D eigenvalue weighted by Gasteiger charge is -2.32. The first-order chi connectivity index (χ1) is 19.7. The molecule has 1 aliphatic rings. The molecule has 0 aliphatic heterocycles. The van der Waals surface area contributed by atoms with Gasteiger partial charge in [-0.05, 0) is 77.4 Å². The second-order valence-corrected chi connectivity index (χ2v) is 10.8.